The smallest absolute Gasteiger partial charge is 0.339 e. The zero-order valence-electron chi connectivity index (χ0n) is 12.2. The first kappa shape index (κ1) is 17.1. The lowest BCUT2D eigenvalue weighted by molar-refractivity contribution is 0.0602. The van der Waals surface area contributed by atoms with Gasteiger partial charge in [0, 0.05) is 5.02 Å². The standard InChI is InChI=1S/C16H14ClNO4S/c1-22-16(19)14-4-2-3-5-15(14)18-23(20,21)11-10-12-6-8-13(17)9-7-12/h2-11,18H,1H3/b11-10+. The molecule has 0 heterocycles. The van der Waals surface area contributed by atoms with Crippen LogP contribution in [0.1, 0.15) is 15.9 Å². The van der Waals surface area contributed by atoms with Gasteiger partial charge in [0.1, 0.15) is 0 Å². The van der Waals surface area contributed by atoms with Crippen LogP contribution in [-0.2, 0) is 14.8 Å². The van der Waals surface area contributed by atoms with Crippen molar-refractivity contribution in [3.05, 3.63) is 70.1 Å². The Bertz CT molecular complexity index is 829. The van der Waals surface area contributed by atoms with Crippen LogP contribution >= 0.6 is 11.6 Å². The van der Waals surface area contributed by atoms with E-state index in [4.69, 9.17) is 11.6 Å². The summed E-state index contributed by atoms with van der Waals surface area (Å²) < 4.78 is 31.2. The van der Waals surface area contributed by atoms with Gasteiger partial charge in [0.05, 0.1) is 23.8 Å². The second-order valence-corrected chi connectivity index (χ2v) is 6.54. The number of methoxy groups -OCH3 is 1. The number of sulfonamides is 1. The van der Waals surface area contributed by atoms with Crippen LogP contribution < -0.4 is 4.72 Å². The third kappa shape index (κ3) is 4.84. The molecule has 5 nitrogen and oxygen atoms in total. The Balaban J connectivity index is 2.22. The van der Waals surface area contributed by atoms with Gasteiger partial charge in [-0.05, 0) is 35.9 Å². The zero-order chi connectivity index (χ0) is 16.9. The van der Waals surface area contributed by atoms with E-state index in [-0.39, 0.29) is 11.3 Å². The number of nitrogens with one attached hydrogen (secondary N) is 1. The molecule has 0 aliphatic carbocycles. The summed E-state index contributed by atoms with van der Waals surface area (Å²) in [6.07, 6.45) is 1.43. The van der Waals surface area contributed by atoms with E-state index < -0.39 is 16.0 Å². The summed E-state index contributed by atoms with van der Waals surface area (Å²) in [7, 11) is -2.55. The number of carbonyl (C=O) groups excluding carboxylic acids is 1. The van der Waals surface area contributed by atoms with Gasteiger partial charge in [-0.1, -0.05) is 35.9 Å². The average molecular weight is 352 g/mol. The zero-order valence-corrected chi connectivity index (χ0v) is 13.8. The lowest BCUT2D eigenvalue weighted by Crippen LogP contribution is -2.13. The number of esters is 1. The highest BCUT2D eigenvalue weighted by Crippen LogP contribution is 2.18. The lowest BCUT2D eigenvalue weighted by Gasteiger charge is -2.09. The maximum atomic E-state index is 12.1. The number of benzene rings is 2. The Morgan fingerprint density at radius 2 is 1.78 bits per heavy atom. The van der Waals surface area contributed by atoms with E-state index in [1.165, 1.54) is 25.3 Å². The molecule has 0 unspecified atom stereocenters. The largest absolute Gasteiger partial charge is 0.465 e. The van der Waals surface area contributed by atoms with Crippen LogP contribution in [0.2, 0.25) is 5.02 Å². The first-order valence-corrected chi connectivity index (χ1v) is 8.47. The van der Waals surface area contributed by atoms with Crippen molar-refractivity contribution in [2.45, 2.75) is 0 Å². The summed E-state index contributed by atoms with van der Waals surface area (Å²) in [6.45, 7) is 0. The van der Waals surface area contributed by atoms with Crippen LogP contribution in [0.25, 0.3) is 6.08 Å². The summed E-state index contributed by atoms with van der Waals surface area (Å²) >= 11 is 5.77. The molecule has 0 atom stereocenters. The molecule has 23 heavy (non-hydrogen) atoms. The van der Waals surface area contributed by atoms with Gasteiger partial charge in [0.25, 0.3) is 10.0 Å². The van der Waals surface area contributed by atoms with Crippen molar-refractivity contribution in [3.8, 4) is 0 Å². The number of hydrogen-bond acceptors (Lipinski definition) is 4. The minimum Gasteiger partial charge on any atom is -0.465 e. The van der Waals surface area contributed by atoms with Crippen LogP contribution in [0.3, 0.4) is 0 Å². The molecule has 0 saturated carbocycles. The summed E-state index contributed by atoms with van der Waals surface area (Å²) in [5.41, 5.74) is 0.972. The third-order valence-corrected chi connectivity index (χ3v) is 4.15. The number of rotatable bonds is 5. The van der Waals surface area contributed by atoms with E-state index in [1.54, 1.807) is 36.4 Å². The van der Waals surface area contributed by atoms with Gasteiger partial charge in [0.2, 0.25) is 0 Å². The molecule has 0 aromatic heterocycles. The Kier molecular flexibility index (Phi) is 5.41. The minimum atomic E-state index is -3.78. The molecule has 120 valence electrons. The fourth-order valence-electron chi connectivity index (χ4n) is 1.79. The molecule has 0 saturated heterocycles. The van der Waals surface area contributed by atoms with Gasteiger partial charge in [-0.15, -0.1) is 0 Å². The van der Waals surface area contributed by atoms with Crippen molar-refractivity contribution >= 4 is 39.4 Å². The lowest BCUT2D eigenvalue weighted by atomic mass is 10.2. The predicted molar refractivity (Wildman–Crippen MR) is 90.8 cm³/mol. The van der Waals surface area contributed by atoms with E-state index in [1.807, 2.05) is 0 Å². The van der Waals surface area contributed by atoms with Crippen molar-refractivity contribution in [3.63, 3.8) is 0 Å². The number of carbonyl (C=O) groups is 1. The summed E-state index contributed by atoms with van der Waals surface area (Å²) in [5, 5.41) is 1.58. The van der Waals surface area contributed by atoms with Crippen LogP contribution in [-0.4, -0.2) is 21.5 Å². The normalized spacial score (nSPS) is 11.4. The quantitative estimate of drug-likeness (QED) is 0.836. The molecule has 0 bridgehead atoms. The highest BCUT2D eigenvalue weighted by Gasteiger charge is 2.14. The first-order chi connectivity index (χ1) is 10.9. The van der Waals surface area contributed by atoms with Crippen molar-refractivity contribution in [2.75, 3.05) is 11.8 Å². The Hall–Kier alpha value is -2.31. The fraction of sp³-hybridized carbons (Fsp3) is 0.0625. The van der Waals surface area contributed by atoms with Crippen molar-refractivity contribution in [1.82, 2.24) is 0 Å². The molecular weight excluding hydrogens is 338 g/mol. The van der Waals surface area contributed by atoms with Crippen molar-refractivity contribution in [1.29, 1.82) is 0 Å². The predicted octanol–water partition coefficient (Wildman–Crippen LogP) is 3.54. The van der Waals surface area contributed by atoms with Gasteiger partial charge in [0.15, 0.2) is 0 Å². The molecule has 2 aromatic carbocycles. The van der Waals surface area contributed by atoms with Gasteiger partial charge >= 0.3 is 5.97 Å². The van der Waals surface area contributed by atoms with Crippen LogP contribution in [0.4, 0.5) is 5.69 Å². The molecule has 0 spiro atoms. The van der Waals surface area contributed by atoms with E-state index in [9.17, 15) is 13.2 Å². The molecule has 0 aliphatic rings. The summed E-state index contributed by atoms with van der Waals surface area (Å²) in [4.78, 5) is 11.6. The van der Waals surface area contributed by atoms with Gasteiger partial charge in [-0.3, -0.25) is 4.72 Å². The number of hydrogen-bond donors (Lipinski definition) is 1. The number of anilines is 1. The maximum absolute atomic E-state index is 12.1. The summed E-state index contributed by atoms with van der Waals surface area (Å²) in [5.74, 6) is -0.620. The van der Waals surface area contributed by atoms with Crippen LogP contribution in [0, 0.1) is 0 Å². The molecule has 0 amide bonds. The highest BCUT2D eigenvalue weighted by molar-refractivity contribution is 7.95. The Morgan fingerprint density at radius 1 is 1.13 bits per heavy atom. The topological polar surface area (TPSA) is 72.5 Å². The summed E-state index contributed by atoms with van der Waals surface area (Å²) in [6, 6.07) is 12.9. The molecule has 0 fully saturated rings. The van der Waals surface area contributed by atoms with Gasteiger partial charge in [-0.2, -0.15) is 0 Å². The van der Waals surface area contributed by atoms with Crippen molar-refractivity contribution < 1.29 is 17.9 Å². The van der Waals surface area contributed by atoms with E-state index in [0.717, 1.165) is 5.41 Å². The molecule has 2 aromatic rings. The highest BCUT2D eigenvalue weighted by atomic mass is 35.5. The van der Waals surface area contributed by atoms with E-state index in [2.05, 4.69) is 9.46 Å². The van der Waals surface area contributed by atoms with Crippen LogP contribution in [0.15, 0.2) is 53.9 Å². The third-order valence-electron chi connectivity index (χ3n) is 2.89. The van der Waals surface area contributed by atoms with E-state index >= 15 is 0 Å². The van der Waals surface area contributed by atoms with Gasteiger partial charge in [-0.25, -0.2) is 13.2 Å². The number of halogens is 1. The molecule has 0 aliphatic heterocycles. The second-order valence-electron chi connectivity index (χ2n) is 4.54. The first-order valence-electron chi connectivity index (χ1n) is 6.55. The van der Waals surface area contributed by atoms with Gasteiger partial charge < -0.3 is 4.74 Å². The Labute approximate surface area is 139 Å². The Morgan fingerprint density at radius 3 is 2.43 bits per heavy atom. The fourth-order valence-corrected chi connectivity index (χ4v) is 2.80. The molecule has 7 heteroatoms. The minimum absolute atomic E-state index is 0.137. The molecule has 1 N–H and O–H groups in total. The maximum Gasteiger partial charge on any atom is 0.339 e. The average Bonchev–Trinajstić information content (AvgIpc) is 2.54. The van der Waals surface area contributed by atoms with Crippen LogP contribution in [0.5, 0.6) is 0 Å². The number of para-hydroxylation sites is 1. The molecular formula is C16H14ClNO4S. The second kappa shape index (κ2) is 7.30. The molecule has 0 radical (unpaired) electrons. The SMILES string of the molecule is COC(=O)c1ccccc1NS(=O)(=O)/C=C/c1ccc(Cl)cc1. The molecule has 2 rings (SSSR count). The monoisotopic (exact) mass is 351 g/mol. The number of ether oxygens (including phenoxy) is 1. The van der Waals surface area contributed by atoms with E-state index in [0.29, 0.717) is 10.6 Å². The van der Waals surface area contributed by atoms with Crippen molar-refractivity contribution in [2.24, 2.45) is 0 Å².